The molecule has 2 nitrogen and oxygen atoms in total. The zero-order valence-electron chi connectivity index (χ0n) is 19.4. The van der Waals surface area contributed by atoms with Gasteiger partial charge in [0.2, 0.25) is 0 Å². The van der Waals surface area contributed by atoms with Gasteiger partial charge in [-0.05, 0) is 65.6 Å². The zero-order valence-corrected chi connectivity index (χ0v) is 21.0. The maximum atomic E-state index is 14.1. The van der Waals surface area contributed by atoms with Crippen LogP contribution in [0.2, 0.25) is 0 Å². The van der Waals surface area contributed by atoms with E-state index in [0.29, 0.717) is 21.9 Å². The Hall–Kier alpha value is -2.25. The third-order valence-electron chi connectivity index (χ3n) is 5.61. The summed E-state index contributed by atoms with van der Waals surface area (Å²) in [7, 11) is -1.70. The first-order valence-corrected chi connectivity index (χ1v) is 14.1. The van der Waals surface area contributed by atoms with Gasteiger partial charge >= 0.3 is 12.1 Å². The molecule has 178 valence electrons. The smallest absolute Gasteiger partial charge is 0.417 e. The molecule has 0 N–H and O–H groups in total. The quantitative estimate of drug-likeness (QED) is 0.308. The van der Waals surface area contributed by atoms with Gasteiger partial charge in [0.25, 0.3) is 0 Å². The van der Waals surface area contributed by atoms with Crippen molar-refractivity contribution >= 4 is 27.3 Å². The Morgan fingerprint density at radius 2 is 1.70 bits per heavy atom. The minimum absolute atomic E-state index is 0.00524. The molecule has 0 saturated carbocycles. The van der Waals surface area contributed by atoms with Gasteiger partial charge in [-0.15, -0.1) is 11.3 Å². The second-order valence-electron chi connectivity index (χ2n) is 8.56. The first-order chi connectivity index (χ1) is 15.5. The normalized spacial score (nSPS) is 13.7. The molecular weight excluding hydrogens is 465 g/mol. The van der Waals surface area contributed by atoms with Crippen LogP contribution < -0.4 is 0 Å². The van der Waals surface area contributed by atoms with Gasteiger partial charge < -0.3 is 4.74 Å². The van der Waals surface area contributed by atoms with Crippen LogP contribution in [-0.4, -0.2) is 25.1 Å². The average molecular weight is 495 g/mol. The van der Waals surface area contributed by atoms with Crippen LogP contribution in [0, 0.1) is 5.92 Å². The van der Waals surface area contributed by atoms with Gasteiger partial charge in [-0.2, -0.15) is 13.2 Å². The zero-order chi connectivity index (χ0) is 24.4. The van der Waals surface area contributed by atoms with Crippen LogP contribution in [0.25, 0.3) is 11.1 Å². The number of hydrogen-bond acceptors (Lipinski definition) is 3. The van der Waals surface area contributed by atoms with Crippen molar-refractivity contribution < 1.29 is 22.7 Å². The fourth-order valence-corrected chi connectivity index (χ4v) is 9.29. The molecule has 3 aromatic rings. The second-order valence-corrected chi connectivity index (χ2v) is 13.5. The highest BCUT2D eigenvalue weighted by Gasteiger charge is 2.37. The van der Waals surface area contributed by atoms with Gasteiger partial charge in [0.1, 0.15) is 4.88 Å². The van der Waals surface area contributed by atoms with E-state index >= 15 is 0 Å². The van der Waals surface area contributed by atoms with E-state index in [9.17, 15) is 18.0 Å². The summed E-state index contributed by atoms with van der Waals surface area (Å²) in [6.07, 6.45) is -0.359. The lowest BCUT2D eigenvalue weighted by atomic mass is 9.99. The summed E-state index contributed by atoms with van der Waals surface area (Å²) in [5.74, 6) is -0.192. The van der Waals surface area contributed by atoms with Gasteiger partial charge in [0.15, 0.2) is 0 Å². The molecule has 0 aliphatic heterocycles. The number of halogens is 3. The summed E-state index contributed by atoms with van der Waals surface area (Å²) in [4.78, 5) is 14.4. The molecule has 0 fully saturated rings. The minimum Gasteiger partial charge on any atom is -0.462 e. The molecule has 1 aromatic heterocycles. The Bertz CT molecular complexity index is 1100. The highest BCUT2D eigenvalue weighted by atomic mass is 32.3. The van der Waals surface area contributed by atoms with Crippen LogP contribution in [0.4, 0.5) is 13.2 Å². The molecule has 0 amide bonds. The van der Waals surface area contributed by atoms with E-state index in [-0.39, 0.29) is 22.7 Å². The first-order valence-electron chi connectivity index (χ1n) is 10.7. The molecule has 7 heteroatoms. The highest BCUT2D eigenvalue weighted by Crippen LogP contribution is 2.65. The summed E-state index contributed by atoms with van der Waals surface area (Å²) in [5, 5.41) is -0.00524. The van der Waals surface area contributed by atoms with Crippen LogP contribution in [-0.2, 0) is 10.9 Å². The van der Waals surface area contributed by atoms with Crippen molar-refractivity contribution in [3.8, 4) is 11.1 Å². The Labute approximate surface area is 199 Å². The van der Waals surface area contributed by atoms with Gasteiger partial charge in [-0.25, -0.2) is 14.8 Å². The second kappa shape index (κ2) is 9.94. The number of ether oxygens (including phenoxy) is 1. The molecule has 0 spiro atoms. The number of carbonyl (C=O) groups is 1. The Morgan fingerprint density at radius 3 is 2.27 bits per heavy atom. The predicted octanol–water partition coefficient (Wildman–Crippen LogP) is 8.43. The molecule has 3 rings (SSSR count). The van der Waals surface area contributed by atoms with Gasteiger partial charge in [0, 0.05) is 10.1 Å². The van der Waals surface area contributed by atoms with E-state index in [2.05, 4.69) is 26.4 Å². The molecule has 1 unspecified atom stereocenters. The van der Waals surface area contributed by atoms with Crippen LogP contribution in [0.1, 0.15) is 46.1 Å². The highest BCUT2D eigenvalue weighted by molar-refractivity contribution is 8.32. The standard InChI is InChI=1S/C26H29F3O2S2/c1-6-31-25(30)23-15-14-22(32-23)24(17(2)3)33(4,5)19-12-13-20(18-10-8-7-9-11-18)21(16-19)26(27,28)29/h7-17,24H,6H2,1-5H3. The number of hydrogen-bond donors (Lipinski definition) is 0. The molecular formula is C26H29F3O2S2. The SMILES string of the molecule is CCOC(=O)c1ccc(C(C(C)C)S(C)(C)c2ccc(-c3ccccc3)c(C(F)(F)F)c2)s1. The lowest BCUT2D eigenvalue weighted by Crippen LogP contribution is -2.16. The first kappa shape index (κ1) is 25.4. The lowest BCUT2D eigenvalue weighted by molar-refractivity contribution is -0.137. The number of thiophene rings is 1. The lowest BCUT2D eigenvalue weighted by Gasteiger charge is -2.42. The van der Waals surface area contributed by atoms with Crippen molar-refractivity contribution in [1.82, 2.24) is 0 Å². The number of rotatable bonds is 7. The van der Waals surface area contributed by atoms with E-state index in [1.807, 2.05) is 12.1 Å². The predicted molar refractivity (Wildman–Crippen MR) is 132 cm³/mol. The minimum atomic E-state index is -4.47. The molecule has 33 heavy (non-hydrogen) atoms. The molecule has 0 aliphatic rings. The van der Waals surface area contributed by atoms with Crippen molar-refractivity contribution in [2.45, 2.75) is 37.1 Å². The third kappa shape index (κ3) is 5.46. The topological polar surface area (TPSA) is 26.3 Å². The van der Waals surface area contributed by atoms with Crippen molar-refractivity contribution in [1.29, 1.82) is 0 Å². The molecule has 0 radical (unpaired) electrons. The molecule has 0 aliphatic carbocycles. The summed E-state index contributed by atoms with van der Waals surface area (Å²) < 4.78 is 47.4. The number of carbonyl (C=O) groups excluding carboxylic acids is 1. The van der Waals surface area contributed by atoms with Crippen LogP contribution in [0.5, 0.6) is 0 Å². The monoisotopic (exact) mass is 494 g/mol. The van der Waals surface area contributed by atoms with Crippen molar-refractivity contribution in [3.05, 3.63) is 76.0 Å². The van der Waals surface area contributed by atoms with E-state index < -0.39 is 21.8 Å². The van der Waals surface area contributed by atoms with Gasteiger partial charge in [-0.1, -0.05) is 50.2 Å². The summed E-state index contributed by atoms with van der Waals surface area (Å²) in [6.45, 7) is 6.21. The average Bonchev–Trinajstić information content (AvgIpc) is 3.22. The summed E-state index contributed by atoms with van der Waals surface area (Å²) in [6, 6.07) is 17.1. The van der Waals surface area contributed by atoms with E-state index in [1.165, 1.54) is 17.4 Å². The maximum Gasteiger partial charge on any atom is 0.417 e. The van der Waals surface area contributed by atoms with Crippen molar-refractivity contribution in [2.24, 2.45) is 5.92 Å². The van der Waals surface area contributed by atoms with Gasteiger partial charge in [0.05, 0.1) is 12.2 Å². The molecule has 1 heterocycles. The van der Waals surface area contributed by atoms with Crippen molar-refractivity contribution in [2.75, 3.05) is 19.1 Å². The number of esters is 1. The Morgan fingerprint density at radius 1 is 1.03 bits per heavy atom. The largest absolute Gasteiger partial charge is 0.462 e. The summed E-state index contributed by atoms with van der Waals surface area (Å²) >= 11 is 1.37. The molecule has 2 aromatic carbocycles. The van der Waals surface area contributed by atoms with E-state index in [1.54, 1.807) is 49.4 Å². The third-order valence-corrected chi connectivity index (χ3v) is 10.4. The number of alkyl halides is 3. The summed E-state index contributed by atoms with van der Waals surface area (Å²) in [5.41, 5.74) is 0.110. The molecule has 0 bridgehead atoms. The van der Waals surface area contributed by atoms with E-state index in [4.69, 9.17) is 4.74 Å². The molecule has 0 saturated heterocycles. The van der Waals surface area contributed by atoms with Crippen LogP contribution in [0.3, 0.4) is 0 Å². The van der Waals surface area contributed by atoms with Crippen LogP contribution >= 0.6 is 21.4 Å². The molecule has 1 atom stereocenters. The van der Waals surface area contributed by atoms with Gasteiger partial charge in [-0.3, -0.25) is 0 Å². The Kier molecular flexibility index (Phi) is 7.64. The Balaban J connectivity index is 2.08. The van der Waals surface area contributed by atoms with Crippen LogP contribution in [0.15, 0.2) is 65.6 Å². The fourth-order valence-electron chi connectivity index (χ4n) is 4.22. The van der Waals surface area contributed by atoms with E-state index in [0.717, 1.165) is 4.88 Å². The maximum absolute atomic E-state index is 14.1. The van der Waals surface area contributed by atoms with Crippen molar-refractivity contribution in [3.63, 3.8) is 0 Å². The fraction of sp³-hybridized carbons (Fsp3) is 0.346. The number of benzene rings is 2.